The number of carbonyl (C=O) groups excluding carboxylic acids is 3. The van der Waals surface area contributed by atoms with Gasteiger partial charge in [-0.2, -0.15) is 0 Å². The van der Waals surface area contributed by atoms with Crippen LogP contribution in [-0.4, -0.2) is 18.2 Å². The van der Waals surface area contributed by atoms with Gasteiger partial charge in [0.1, 0.15) is 6.29 Å². The molecule has 0 rings (SSSR count). The van der Waals surface area contributed by atoms with E-state index in [0.29, 0.717) is 0 Å². The van der Waals surface area contributed by atoms with Gasteiger partial charge in [-0.25, -0.2) is 0 Å². The molecule has 0 saturated heterocycles. The number of hydrogen-bond donors (Lipinski definition) is 0. The second kappa shape index (κ2) is 4.43. The second-order valence-electron chi connectivity index (χ2n) is 1.97. The molecule has 0 N–H and O–H groups in total. The molecule has 62 valence electrons. The Bertz CT molecular complexity index is 174. The first-order valence-corrected chi connectivity index (χ1v) is 2.94. The summed E-state index contributed by atoms with van der Waals surface area (Å²) in [5.74, 6) is -4.27. The highest BCUT2D eigenvalue weighted by Gasteiger charge is 2.07. The summed E-state index contributed by atoms with van der Waals surface area (Å²) in [6, 6.07) is 0. The average molecular weight is 158 g/mol. The van der Waals surface area contributed by atoms with E-state index >= 15 is 0 Å². The van der Waals surface area contributed by atoms with Crippen molar-refractivity contribution in [2.45, 2.75) is 12.8 Å². The highest BCUT2D eigenvalue weighted by Crippen LogP contribution is 2.00. The number of aliphatic carboxylic acids is 2. The Morgan fingerprint density at radius 3 is 2.18 bits per heavy atom. The molecule has 5 heteroatoms. The van der Waals surface area contributed by atoms with Gasteiger partial charge in [0, 0.05) is 5.97 Å². The van der Waals surface area contributed by atoms with Gasteiger partial charge in [0.2, 0.25) is 0 Å². The van der Waals surface area contributed by atoms with Crippen molar-refractivity contribution in [2.24, 2.45) is 5.92 Å². The van der Waals surface area contributed by atoms with Crippen molar-refractivity contribution in [1.82, 2.24) is 0 Å². The summed E-state index contributed by atoms with van der Waals surface area (Å²) in [6.07, 6.45) is -0.566. The molecule has 0 aliphatic heterocycles. The molecule has 0 aliphatic rings. The number of rotatable bonds is 5. The van der Waals surface area contributed by atoms with Crippen LogP contribution in [-0.2, 0) is 14.4 Å². The first-order chi connectivity index (χ1) is 5.07. The molecule has 1 atom stereocenters. The maximum atomic E-state index is 9.99. The third kappa shape index (κ3) is 4.07. The first kappa shape index (κ1) is 9.61. The lowest BCUT2D eigenvalue weighted by Gasteiger charge is -2.10. The standard InChI is InChI=1S/C6H8O5/c7-3-4(6(10)11)1-2-5(8)9/h3-4H,1-2H2,(H,8,9)(H,10,11)/p-2/t4-/m0/s1. The molecular formula is C6H6O5-2. The molecule has 0 saturated carbocycles. The van der Waals surface area contributed by atoms with E-state index in [9.17, 15) is 24.6 Å². The third-order valence-corrected chi connectivity index (χ3v) is 1.13. The summed E-state index contributed by atoms with van der Waals surface area (Å²) < 4.78 is 0. The van der Waals surface area contributed by atoms with Gasteiger partial charge < -0.3 is 24.6 Å². The van der Waals surface area contributed by atoms with Crippen LogP contribution in [0.1, 0.15) is 12.8 Å². The van der Waals surface area contributed by atoms with Gasteiger partial charge in [-0.05, 0) is 12.8 Å². The lowest BCUT2D eigenvalue weighted by molar-refractivity contribution is -0.311. The maximum Gasteiger partial charge on any atom is 0.128 e. The zero-order valence-corrected chi connectivity index (χ0v) is 5.61. The smallest absolute Gasteiger partial charge is 0.128 e. The Balaban J connectivity index is 3.79. The van der Waals surface area contributed by atoms with Gasteiger partial charge in [-0.15, -0.1) is 0 Å². The molecule has 0 heterocycles. The van der Waals surface area contributed by atoms with E-state index in [1.165, 1.54) is 0 Å². The minimum absolute atomic E-state index is 0.151. The van der Waals surface area contributed by atoms with Crippen molar-refractivity contribution in [3.05, 3.63) is 0 Å². The fourth-order valence-electron chi connectivity index (χ4n) is 0.515. The van der Waals surface area contributed by atoms with Gasteiger partial charge in [0.05, 0.1) is 11.9 Å². The number of hydrogen-bond acceptors (Lipinski definition) is 5. The third-order valence-electron chi connectivity index (χ3n) is 1.13. The monoisotopic (exact) mass is 158 g/mol. The lowest BCUT2D eigenvalue weighted by Crippen LogP contribution is -2.33. The second-order valence-corrected chi connectivity index (χ2v) is 1.97. The topological polar surface area (TPSA) is 97.3 Å². The van der Waals surface area contributed by atoms with Crippen molar-refractivity contribution in [1.29, 1.82) is 0 Å². The Hall–Kier alpha value is -1.39. The number of aldehydes is 1. The first-order valence-electron chi connectivity index (χ1n) is 2.94. The van der Waals surface area contributed by atoms with Crippen LogP contribution in [0.5, 0.6) is 0 Å². The highest BCUT2D eigenvalue weighted by molar-refractivity contribution is 5.85. The predicted molar refractivity (Wildman–Crippen MR) is 28.8 cm³/mol. The molecule has 0 aliphatic carbocycles. The van der Waals surface area contributed by atoms with E-state index in [1.807, 2.05) is 0 Å². The van der Waals surface area contributed by atoms with Crippen molar-refractivity contribution in [2.75, 3.05) is 0 Å². The molecule has 0 amide bonds. The summed E-state index contributed by atoms with van der Waals surface area (Å²) in [5.41, 5.74) is 0. The quantitative estimate of drug-likeness (QED) is 0.315. The van der Waals surface area contributed by atoms with Crippen LogP contribution in [0.15, 0.2) is 0 Å². The van der Waals surface area contributed by atoms with Crippen LogP contribution in [0.2, 0.25) is 0 Å². The summed E-state index contributed by atoms with van der Waals surface area (Å²) in [7, 11) is 0. The van der Waals surface area contributed by atoms with Gasteiger partial charge in [0.15, 0.2) is 0 Å². The summed E-state index contributed by atoms with van der Waals surface area (Å²) >= 11 is 0. The molecule has 0 bridgehead atoms. The number of carboxylic acid groups (broad SMARTS) is 2. The predicted octanol–water partition coefficient (Wildman–Crippen LogP) is -2.92. The van der Waals surface area contributed by atoms with Crippen LogP contribution in [0.4, 0.5) is 0 Å². The van der Waals surface area contributed by atoms with E-state index < -0.39 is 24.3 Å². The lowest BCUT2D eigenvalue weighted by atomic mass is 10.1. The number of carboxylic acids is 2. The van der Waals surface area contributed by atoms with E-state index in [0.717, 1.165) is 0 Å². The van der Waals surface area contributed by atoms with E-state index in [2.05, 4.69) is 0 Å². The minimum atomic E-state index is -1.55. The molecule has 0 aromatic carbocycles. The Morgan fingerprint density at radius 1 is 1.36 bits per heavy atom. The van der Waals surface area contributed by atoms with E-state index in [4.69, 9.17) is 0 Å². The van der Waals surface area contributed by atoms with Crippen molar-refractivity contribution >= 4 is 18.2 Å². The van der Waals surface area contributed by atoms with Gasteiger partial charge in [0.25, 0.3) is 0 Å². The zero-order valence-electron chi connectivity index (χ0n) is 5.61. The van der Waals surface area contributed by atoms with Crippen molar-refractivity contribution in [3.8, 4) is 0 Å². The van der Waals surface area contributed by atoms with Gasteiger partial charge in [-0.3, -0.25) is 0 Å². The van der Waals surface area contributed by atoms with Crippen LogP contribution >= 0.6 is 0 Å². The molecule has 11 heavy (non-hydrogen) atoms. The van der Waals surface area contributed by atoms with Crippen molar-refractivity contribution in [3.63, 3.8) is 0 Å². The Labute approximate surface area is 62.6 Å². The van der Waals surface area contributed by atoms with E-state index in [1.54, 1.807) is 0 Å². The molecule has 5 nitrogen and oxygen atoms in total. The number of carbonyl (C=O) groups is 3. The largest absolute Gasteiger partial charge is 0.550 e. The average Bonchev–Trinajstić information content (AvgIpc) is 1.87. The summed E-state index contributed by atoms with van der Waals surface area (Å²) in [5, 5.41) is 19.8. The molecular weight excluding hydrogens is 152 g/mol. The molecule has 0 spiro atoms. The fourth-order valence-corrected chi connectivity index (χ4v) is 0.515. The molecule has 0 aromatic heterocycles. The van der Waals surface area contributed by atoms with Crippen LogP contribution in [0.3, 0.4) is 0 Å². The molecule has 0 unspecified atom stereocenters. The van der Waals surface area contributed by atoms with Gasteiger partial charge >= 0.3 is 0 Å². The summed E-state index contributed by atoms with van der Waals surface area (Å²) in [4.78, 5) is 29.7. The zero-order chi connectivity index (χ0) is 8.85. The summed E-state index contributed by atoms with van der Waals surface area (Å²) in [6.45, 7) is 0. The SMILES string of the molecule is O=C[C@H](CCC(=O)[O-])C(=O)[O-]. The fraction of sp³-hybridized carbons (Fsp3) is 0.500. The molecule has 0 aromatic rings. The van der Waals surface area contributed by atoms with Crippen LogP contribution in [0, 0.1) is 5.92 Å². The van der Waals surface area contributed by atoms with Crippen LogP contribution in [0.25, 0.3) is 0 Å². The molecule has 0 radical (unpaired) electrons. The highest BCUT2D eigenvalue weighted by atomic mass is 16.4. The maximum absolute atomic E-state index is 9.99. The van der Waals surface area contributed by atoms with Crippen molar-refractivity contribution < 1.29 is 24.6 Å². The van der Waals surface area contributed by atoms with Crippen LogP contribution < -0.4 is 10.2 Å². The van der Waals surface area contributed by atoms with E-state index in [-0.39, 0.29) is 12.7 Å². The normalized spacial score (nSPS) is 12.0. The minimum Gasteiger partial charge on any atom is -0.550 e. The Morgan fingerprint density at radius 2 is 1.91 bits per heavy atom. The van der Waals surface area contributed by atoms with Gasteiger partial charge in [-0.1, -0.05) is 0 Å². The molecule has 0 fully saturated rings. The Kier molecular flexibility index (Phi) is 3.87.